The summed E-state index contributed by atoms with van der Waals surface area (Å²) in [6.07, 6.45) is 1.66. The number of anilines is 1. The summed E-state index contributed by atoms with van der Waals surface area (Å²) in [5.74, 6) is 1.36. The minimum Gasteiger partial charge on any atom is -0.490 e. The topological polar surface area (TPSA) is 98.9 Å². The second kappa shape index (κ2) is 9.65. The number of aromatic nitrogens is 1. The molecule has 0 bridgehead atoms. The van der Waals surface area contributed by atoms with E-state index in [2.05, 4.69) is 15.5 Å². The fourth-order valence-electron chi connectivity index (χ4n) is 2.55. The average molecular weight is 412 g/mol. The van der Waals surface area contributed by atoms with E-state index in [-0.39, 0.29) is 5.69 Å². The first-order valence-corrected chi connectivity index (χ1v) is 9.87. The molecule has 29 heavy (non-hydrogen) atoms. The number of benzene rings is 2. The summed E-state index contributed by atoms with van der Waals surface area (Å²) in [5.41, 5.74) is 5.09. The zero-order valence-corrected chi connectivity index (χ0v) is 16.8. The predicted octanol–water partition coefficient (Wildman–Crippen LogP) is 4.96. The van der Waals surface area contributed by atoms with Gasteiger partial charge in [-0.2, -0.15) is 5.10 Å². The average Bonchev–Trinajstić information content (AvgIpc) is 3.19. The molecule has 150 valence electrons. The van der Waals surface area contributed by atoms with E-state index in [0.29, 0.717) is 41.1 Å². The Morgan fingerprint density at radius 1 is 1.17 bits per heavy atom. The third-order valence-electron chi connectivity index (χ3n) is 3.80. The third kappa shape index (κ3) is 5.29. The lowest BCUT2D eigenvalue weighted by Crippen LogP contribution is -1.99. The van der Waals surface area contributed by atoms with Gasteiger partial charge in [0.15, 0.2) is 11.5 Å². The Balaban J connectivity index is 1.69. The van der Waals surface area contributed by atoms with E-state index < -0.39 is 4.92 Å². The number of hydrogen-bond donors (Lipinski definition) is 1. The molecule has 8 nitrogen and oxygen atoms in total. The molecule has 0 spiro atoms. The van der Waals surface area contributed by atoms with Crippen molar-refractivity contribution in [1.82, 2.24) is 4.98 Å². The minimum absolute atomic E-state index is 0.0311. The number of ether oxygens (including phenoxy) is 2. The van der Waals surface area contributed by atoms with Crippen molar-refractivity contribution < 1.29 is 14.4 Å². The highest BCUT2D eigenvalue weighted by Gasteiger charge is 2.10. The zero-order chi connectivity index (χ0) is 20.6. The molecular formula is C20H20N4O4S. The first-order valence-electron chi connectivity index (χ1n) is 8.99. The lowest BCUT2D eigenvalue weighted by atomic mass is 10.1. The van der Waals surface area contributed by atoms with Crippen LogP contribution in [0.15, 0.2) is 52.9 Å². The van der Waals surface area contributed by atoms with Gasteiger partial charge in [-0.05, 0) is 37.6 Å². The maximum atomic E-state index is 10.9. The van der Waals surface area contributed by atoms with Gasteiger partial charge in [0.2, 0.25) is 5.13 Å². The summed E-state index contributed by atoms with van der Waals surface area (Å²) in [6.45, 7) is 4.94. The second-order valence-corrected chi connectivity index (χ2v) is 6.65. The predicted molar refractivity (Wildman–Crippen MR) is 114 cm³/mol. The third-order valence-corrected chi connectivity index (χ3v) is 4.55. The smallest absolute Gasteiger partial charge is 0.270 e. The molecule has 3 rings (SSSR count). The van der Waals surface area contributed by atoms with Gasteiger partial charge >= 0.3 is 0 Å². The van der Waals surface area contributed by atoms with E-state index in [1.54, 1.807) is 18.3 Å². The number of non-ortho nitro benzene ring substituents is 1. The van der Waals surface area contributed by atoms with Crippen molar-refractivity contribution in [3.63, 3.8) is 0 Å². The number of thiazole rings is 1. The van der Waals surface area contributed by atoms with E-state index in [1.165, 1.54) is 23.5 Å². The quantitative estimate of drug-likeness (QED) is 0.303. The molecule has 0 aliphatic carbocycles. The van der Waals surface area contributed by atoms with Crippen molar-refractivity contribution in [2.45, 2.75) is 13.8 Å². The van der Waals surface area contributed by atoms with E-state index >= 15 is 0 Å². The number of nitro groups is 1. The van der Waals surface area contributed by atoms with Crippen molar-refractivity contribution >= 4 is 28.4 Å². The summed E-state index contributed by atoms with van der Waals surface area (Å²) in [5, 5.41) is 17.5. The normalized spacial score (nSPS) is 10.8. The van der Waals surface area contributed by atoms with E-state index in [1.807, 2.05) is 37.4 Å². The summed E-state index contributed by atoms with van der Waals surface area (Å²) in [7, 11) is 0. The highest BCUT2D eigenvalue weighted by atomic mass is 32.1. The molecule has 3 aromatic rings. The Kier molecular flexibility index (Phi) is 6.75. The van der Waals surface area contributed by atoms with E-state index in [0.717, 1.165) is 5.56 Å². The number of hydrogen-bond acceptors (Lipinski definition) is 8. The van der Waals surface area contributed by atoms with Crippen LogP contribution >= 0.6 is 11.3 Å². The Morgan fingerprint density at radius 2 is 1.97 bits per heavy atom. The van der Waals surface area contributed by atoms with Gasteiger partial charge in [-0.15, -0.1) is 11.3 Å². The molecule has 0 saturated heterocycles. The number of nitro benzene ring substituents is 1. The maximum absolute atomic E-state index is 10.9. The number of hydrazone groups is 1. The van der Waals surface area contributed by atoms with Crippen molar-refractivity contribution in [3.8, 4) is 22.8 Å². The largest absolute Gasteiger partial charge is 0.490 e. The van der Waals surface area contributed by atoms with Crippen molar-refractivity contribution in [2.24, 2.45) is 5.10 Å². The Bertz CT molecular complexity index is 1020. The molecule has 0 amide bonds. The van der Waals surface area contributed by atoms with Gasteiger partial charge in [0.05, 0.1) is 30.0 Å². The van der Waals surface area contributed by atoms with Gasteiger partial charge in [0.25, 0.3) is 5.69 Å². The summed E-state index contributed by atoms with van der Waals surface area (Å²) in [4.78, 5) is 14.9. The molecule has 1 N–H and O–H groups in total. The highest BCUT2D eigenvalue weighted by molar-refractivity contribution is 7.14. The second-order valence-electron chi connectivity index (χ2n) is 5.79. The van der Waals surface area contributed by atoms with Crippen LogP contribution in [0.4, 0.5) is 10.8 Å². The van der Waals surface area contributed by atoms with Gasteiger partial charge in [0, 0.05) is 23.1 Å². The summed E-state index contributed by atoms with van der Waals surface area (Å²) < 4.78 is 11.2. The van der Waals surface area contributed by atoms with Crippen LogP contribution in [0.5, 0.6) is 11.5 Å². The molecule has 0 unspecified atom stereocenters. The molecule has 0 fully saturated rings. The van der Waals surface area contributed by atoms with Gasteiger partial charge in [-0.1, -0.05) is 12.1 Å². The Hall–Kier alpha value is -3.46. The molecule has 0 saturated carbocycles. The fourth-order valence-corrected chi connectivity index (χ4v) is 3.22. The highest BCUT2D eigenvalue weighted by Crippen LogP contribution is 2.29. The van der Waals surface area contributed by atoms with Crippen molar-refractivity contribution in [2.75, 3.05) is 18.6 Å². The van der Waals surface area contributed by atoms with E-state index in [9.17, 15) is 10.1 Å². The molecule has 0 radical (unpaired) electrons. The lowest BCUT2D eigenvalue weighted by molar-refractivity contribution is -0.384. The Morgan fingerprint density at radius 3 is 2.72 bits per heavy atom. The minimum atomic E-state index is -0.424. The molecule has 0 atom stereocenters. The molecule has 1 aromatic heterocycles. The van der Waals surface area contributed by atoms with Gasteiger partial charge in [-0.25, -0.2) is 4.98 Å². The summed E-state index contributed by atoms with van der Waals surface area (Å²) >= 11 is 1.36. The first kappa shape index (κ1) is 20.3. The summed E-state index contributed by atoms with van der Waals surface area (Å²) in [6, 6.07) is 12.0. The van der Waals surface area contributed by atoms with Gasteiger partial charge in [0.1, 0.15) is 0 Å². The van der Waals surface area contributed by atoms with Crippen LogP contribution in [0.25, 0.3) is 11.3 Å². The van der Waals surface area contributed by atoms with Crippen LogP contribution in [0.2, 0.25) is 0 Å². The van der Waals surface area contributed by atoms with Crippen molar-refractivity contribution in [1.29, 1.82) is 0 Å². The molecular weight excluding hydrogens is 392 g/mol. The maximum Gasteiger partial charge on any atom is 0.270 e. The van der Waals surface area contributed by atoms with Crippen LogP contribution in [0.1, 0.15) is 19.4 Å². The zero-order valence-electron chi connectivity index (χ0n) is 16.0. The van der Waals surface area contributed by atoms with Crippen LogP contribution in [-0.4, -0.2) is 29.3 Å². The molecule has 0 aliphatic heterocycles. The molecule has 0 aliphatic rings. The standard InChI is InChI=1S/C20H20N4O4S/c1-3-27-18-9-8-14(10-19(18)28-4-2)12-21-23-20-22-17(13-29-20)15-6-5-7-16(11-15)24(25)26/h5-13H,3-4H2,1-2H3,(H,22,23)/b21-12+. The van der Waals surface area contributed by atoms with E-state index in [4.69, 9.17) is 9.47 Å². The SMILES string of the molecule is CCOc1ccc(/C=N/Nc2nc(-c3cccc([N+](=O)[O-])c3)cs2)cc1OCC. The van der Waals surface area contributed by atoms with Crippen molar-refractivity contribution in [3.05, 3.63) is 63.5 Å². The van der Waals surface area contributed by atoms with Crippen LogP contribution in [-0.2, 0) is 0 Å². The van der Waals surface area contributed by atoms with Crippen LogP contribution in [0, 0.1) is 10.1 Å². The molecule has 1 heterocycles. The lowest BCUT2D eigenvalue weighted by Gasteiger charge is -2.11. The number of nitrogens with zero attached hydrogens (tertiary/aromatic N) is 3. The Labute approximate surface area is 172 Å². The first-order chi connectivity index (χ1) is 14.1. The molecule has 9 heteroatoms. The monoisotopic (exact) mass is 412 g/mol. The fraction of sp³-hybridized carbons (Fsp3) is 0.200. The van der Waals surface area contributed by atoms with Crippen LogP contribution < -0.4 is 14.9 Å². The van der Waals surface area contributed by atoms with Gasteiger partial charge < -0.3 is 9.47 Å². The number of rotatable bonds is 9. The number of nitrogens with one attached hydrogen (secondary N) is 1. The van der Waals surface area contributed by atoms with Gasteiger partial charge in [-0.3, -0.25) is 15.5 Å². The van der Waals surface area contributed by atoms with Crippen LogP contribution in [0.3, 0.4) is 0 Å². The molecule has 2 aromatic carbocycles.